The molecule has 2 N–H and O–H groups in total. The molecule has 4 aromatic heterocycles. The number of hydrogen-bond donors (Lipinski definition) is 2. The highest BCUT2D eigenvalue weighted by molar-refractivity contribution is 5.75. The van der Waals surface area contributed by atoms with Gasteiger partial charge in [-0.2, -0.15) is 0 Å². The summed E-state index contributed by atoms with van der Waals surface area (Å²) in [5.41, 5.74) is 6.43. The van der Waals surface area contributed by atoms with Crippen molar-refractivity contribution in [2.24, 2.45) is 0 Å². The van der Waals surface area contributed by atoms with Gasteiger partial charge in [0.05, 0.1) is 22.8 Å². The Morgan fingerprint density at radius 2 is 1.02 bits per heavy atom. The van der Waals surface area contributed by atoms with Crippen molar-refractivity contribution >= 4 is 5.91 Å². The molecule has 0 saturated heterocycles. The summed E-state index contributed by atoms with van der Waals surface area (Å²) in [6.45, 7) is 5.71. The second kappa shape index (κ2) is 16.9. The Kier molecular flexibility index (Phi) is 11.9. The topological polar surface area (TPSA) is 107 Å². The van der Waals surface area contributed by atoms with Gasteiger partial charge in [0.25, 0.3) is 0 Å². The van der Waals surface area contributed by atoms with Crippen LogP contribution in [0.4, 0.5) is 0 Å². The van der Waals surface area contributed by atoms with E-state index in [0.29, 0.717) is 58.7 Å². The number of aromatic hydroxyl groups is 1. The standard InChI is InChI=1S/C37H41N7O2/c1-2-36(45)42-20-15-29-21-30(23-43(25-32-11-3-7-16-38-32)26-33-12-4-8-17-39-33)37(46)31(22-29)24-44(27-34-13-5-9-18-40-34)28-35-14-6-10-19-41-35/h3-14,16-19,21-22,46H,2,15,20,23-28H2,1H3,(H,42,45). The Morgan fingerprint density at radius 1 is 0.630 bits per heavy atom. The molecule has 1 aromatic carbocycles. The first-order valence-electron chi connectivity index (χ1n) is 15.7. The first kappa shape index (κ1) is 32.4. The third-order valence-corrected chi connectivity index (χ3v) is 7.62. The molecule has 0 saturated carbocycles. The molecular formula is C37H41N7O2. The smallest absolute Gasteiger partial charge is 0.219 e. The van der Waals surface area contributed by atoms with Gasteiger partial charge in [-0.05, 0) is 60.5 Å². The minimum absolute atomic E-state index is 0.0213. The average molecular weight is 616 g/mol. The SMILES string of the molecule is CCC(=O)NCCc1cc(CN(Cc2ccccn2)Cc2ccccn2)c(O)c(CN(Cc2ccccn2)Cc2ccccn2)c1. The lowest BCUT2D eigenvalue weighted by Crippen LogP contribution is -2.26. The van der Waals surface area contributed by atoms with Crippen molar-refractivity contribution in [3.63, 3.8) is 0 Å². The molecule has 9 nitrogen and oxygen atoms in total. The highest BCUT2D eigenvalue weighted by atomic mass is 16.3. The second-order valence-corrected chi connectivity index (χ2v) is 11.3. The number of aromatic nitrogens is 4. The molecule has 0 radical (unpaired) electrons. The molecular weight excluding hydrogens is 574 g/mol. The van der Waals surface area contributed by atoms with Gasteiger partial charge in [-0.1, -0.05) is 43.3 Å². The molecule has 0 aliphatic heterocycles. The van der Waals surface area contributed by atoms with Gasteiger partial charge in [-0.3, -0.25) is 34.5 Å². The van der Waals surface area contributed by atoms with Gasteiger partial charge >= 0.3 is 0 Å². The van der Waals surface area contributed by atoms with Crippen molar-refractivity contribution in [1.82, 2.24) is 35.1 Å². The summed E-state index contributed by atoms with van der Waals surface area (Å²) in [5, 5.41) is 14.8. The molecule has 0 aliphatic carbocycles. The lowest BCUT2D eigenvalue weighted by molar-refractivity contribution is -0.120. The molecule has 9 heteroatoms. The predicted molar refractivity (Wildman–Crippen MR) is 178 cm³/mol. The summed E-state index contributed by atoms with van der Waals surface area (Å²) >= 11 is 0. The number of nitrogens with zero attached hydrogens (tertiary/aromatic N) is 6. The van der Waals surface area contributed by atoms with Crippen molar-refractivity contribution in [3.05, 3.63) is 149 Å². The number of phenolic OH excluding ortho intramolecular Hbond substituents is 1. The number of pyridine rings is 4. The number of benzene rings is 1. The molecule has 1 amide bonds. The summed E-state index contributed by atoms with van der Waals surface area (Å²) in [5.74, 6) is 0.286. The van der Waals surface area contributed by atoms with Gasteiger partial charge in [0.2, 0.25) is 5.91 Å². The number of phenols is 1. The van der Waals surface area contributed by atoms with E-state index >= 15 is 0 Å². The van der Waals surface area contributed by atoms with Crippen molar-refractivity contribution in [3.8, 4) is 5.75 Å². The van der Waals surface area contributed by atoms with Crippen molar-refractivity contribution in [2.45, 2.75) is 59.0 Å². The van der Waals surface area contributed by atoms with E-state index in [9.17, 15) is 9.90 Å². The van der Waals surface area contributed by atoms with Crippen molar-refractivity contribution in [2.75, 3.05) is 6.54 Å². The number of hydrogen-bond acceptors (Lipinski definition) is 8. The molecule has 5 aromatic rings. The highest BCUT2D eigenvalue weighted by Gasteiger charge is 2.19. The Bertz CT molecular complexity index is 1450. The van der Waals surface area contributed by atoms with E-state index < -0.39 is 0 Å². The fraction of sp³-hybridized carbons (Fsp3) is 0.270. The van der Waals surface area contributed by atoms with Gasteiger partial charge in [-0.15, -0.1) is 0 Å². The maximum Gasteiger partial charge on any atom is 0.219 e. The van der Waals surface area contributed by atoms with E-state index in [1.54, 1.807) is 24.8 Å². The normalized spacial score (nSPS) is 11.2. The second-order valence-electron chi connectivity index (χ2n) is 11.3. The third-order valence-electron chi connectivity index (χ3n) is 7.62. The number of carbonyl (C=O) groups excluding carboxylic acids is 1. The van der Waals surface area contributed by atoms with Crippen LogP contribution in [0.15, 0.2) is 110 Å². The van der Waals surface area contributed by atoms with Gasteiger partial charge in [0.1, 0.15) is 5.75 Å². The summed E-state index contributed by atoms with van der Waals surface area (Å²) < 4.78 is 0. The minimum atomic E-state index is 0.0213. The summed E-state index contributed by atoms with van der Waals surface area (Å²) in [6, 6.07) is 27.7. The molecule has 0 atom stereocenters. The zero-order valence-electron chi connectivity index (χ0n) is 26.3. The molecule has 4 heterocycles. The maximum atomic E-state index is 12.0. The van der Waals surface area contributed by atoms with E-state index in [4.69, 9.17) is 0 Å². The quantitative estimate of drug-likeness (QED) is 0.151. The van der Waals surface area contributed by atoms with Crippen LogP contribution in [-0.2, 0) is 50.5 Å². The molecule has 46 heavy (non-hydrogen) atoms. The predicted octanol–water partition coefficient (Wildman–Crippen LogP) is 5.45. The molecule has 0 spiro atoms. The lowest BCUT2D eigenvalue weighted by Gasteiger charge is -2.26. The lowest BCUT2D eigenvalue weighted by atomic mass is 10.00. The van der Waals surface area contributed by atoms with Crippen LogP contribution in [0.3, 0.4) is 0 Å². The van der Waals surface area contributed by atoms with E-state index in [-0.39, 0.29) is 11.7 Å². The van der Waals surface area contributed by atoms with Crippen LogP contribution in [0, 0.1) is 0 Å². The van der Waals surface area contributed by atoms with Gasteiger partial charge in [0.15, 0.2) is 0 Å². The van der Waals surface area contributed by atoms with E-state index in [2.05, 4.69) is 47.2 Å². The fourth-order valence-electron chi connectivity index (χ4n) is 5.39. The van der Waals surface area contributed by atoms with Crippen LogP contribution in [0.1, 0.15) is 52.8 Å². The molecule has 0 fully saturated rings. The number of carbonyl (C=O) groups is 1. The van der Waals surface area contributed by atoms with Gasteiger partial charge in [-0.25, -0.2) is 0 Å². The molecule has 236 valence electrons. The summed E-state index contributed by atoms with van der Waals surface area (Å²) in [4.78, 5) is 34.7. The minimum Gasteiger partial charge on any atom is -0.507 e. The van der Waals surface area contributed by atoms with Crippen molar-refractivity contribution < 1.29 is 9.90 Å². The largest absolute Gasteiger partial charge is 0.507 e. The monoisotopic (exact) mass is 615 g/mol. The van der Waals surface area contributed by atoms with Gasteiger partial charge in [0, 0.05) is 88.1 Å². The van der Waals surface area contributed by atoms with Gasteiger partial charge < -0.3 is 10.4 Å². The summed E-state index contributed by atoms with van der Waals surface area (Å²) in [7, 11) is 0. The molecule has 0 bridgehead atoms. The average Bonchev–Trinajstić information content (AvgIpc) is 3.08. The highest BCUT2D eigenvalue weighted by Crippen LogP contribution is 2.29. The molecule has 5 rings (SSSR count). The van der Waals surface area contributed by atoms with Crippen molar-refractivity contribution in [1.29, 1.82) is 0 Å². The molecule has 0 aliphatic rings. The van der Waals surface area contributed by atoms with Crippen LogP contribution < -0.4 is 5.32 Å². The molecule has 0 unspecified atom stereocenters. The zero-order valence-corrected chi connectivity index (χ0v) is 26.3. The van der Waals surface area contributed by atoms with E-state index in [1.807, 2.05) is 79.7 Å². The van der Waals surface area contributed by atoms with Crippen LogP contribution in [0.2, 0.25) is 0 Å². The maximum absolute atomic E-state index is 12.0. The van der Waals surface area contributed by atoms with E-state index in [0.717, 1.165) is 39.5 Å². The van der Waals surface area contributed by atoms with Crippen LogP contribution in [-0.4, -0.2) is 47.3 Å². The first-order valence-corrected chi connectivity index (χ1v) is 15.7. The third kappa shape index (κ3) is 10.0. The van der Waals surface area contributed by atoms with Crippen LogP contribution in [0.5, 0.6) is 5.75 Å². The first-order chi connectivity index (χ1) is 22.6. The fourth-order valence-corrected chi connectivity index (χ4v) is 5.39. The Hall–Kier alpha value is -4.99. The Morgan fingerprint density at radius 3 is 1.35 bits per heavy atom. The Labute approximate surface area is 271 Å². The zero-order chi connectivity index (χ0) is 32.0. The number of rotatable bonds is 16. The van der Waals surface area contributed by atoms with Crippen LogP contribution in [0.25, 0.3) is 0 Å². The summed E-state index contributed by atoms with van der Waals surface area (Å²) in [6.07, 6.45) is 8.28. The van der Waals surface area contributed by atoms with E-state index in [1.165, 1.54) is 0 Å². The number of amides is 1. The van der Waals surface area contributed by atoms with Crippen LogP contribution >= 0.6 is 0 Å². The number of nitrogens with one attached hydrogen (secondary N) is 1. The Balaban J connectivity index is 1.46.